The van der Waals surface area contributed by atoms with Crippen molar-refractivity contribution < 1.29 is 0 Å². The molecule has 0 unspecified atom stereocenters. The number of hydrogen-bond acceptors (Lipinski definition) is 3. The Morgan fingerprint density at radius 3 is 1.88 bits per heavy atom. The molecule has 0 saturated carbocycles. The molecule has 7 aromatic carbocycles. The van der Waals surface area contributed by atoms with E-state index in [2.05, 4.69) is 217 Å². The maximum absolute atomic E-state index is 2.70. The number of nitrogens with zero attached hydrogens (tertiary/aromatic N) is 3. The highest BCUT2D eigenvalue weighted by Gasteiger charge is 2.45. The largest absolute Gasteiger partial charge is 0.311 e. The molecule has 2 aromatic heterocycles. The van der Waals surface area contributed by atoms with Crippen LogP contribution in [0.5, 0.6) is 0 Å². The van der Waals surface area contributed by atoms with Crippen molar-refractivity contribution in [1.82, 2.24) is 4.57 Å². The van der Waals surface area contributed by atoms with Crippen LogP contribution in [-0.4, -0.2) is 11.3 Å². The lowest BCUT2D eigenvalue weighted by molar-refractivity contribution is 0.332. The van der Waals surface area contributed by atoms with Gasteiger partial charge >= 0.3 is 0 Å². The summed E-state index contributed by atoms with van der Waals surface area (Å²) >= 11 is 1.94. The number of aromatic nitrogens is 1. The molecule has 3 nitrogen and oxygen atoms in total. The first kappa shape index (κ1) is 39.5. The Morgan fingerprint density at radius 1 is 0.562 bits per heavy atom. The normalized spacial score (nSPS) is 15.7. The van der Waals surface area contributed by atoms with E-state index in [1.807, 2.05) is 11.3 Å². The second kappa shape index (κ2) is 13.5. The van der Waals surface area contributed by atoms with E-state index < -0.39 is 0 Å². The number of fused-ring (bicyclic) bond motifs is 10. The molecular weight excluding hydrogens is 794 g/mol. The molecule has 0 N–H and O–H groups in total. The van der Waals surface area contributed by atoms with Crippen LogP contribution in [0, 0.1) is 20.8 Å². The standard InChI is InChI=1S/C59H56BN3S/c1-35-18-11-14-23-46(35)61(47-24-15-12-19-36(47)2)39-26-27-44-49(33-39)62(48-34-43-42(30-37(48)3)58(7,8)28-29-59(43,9)10)50-31-38(57(4,5)6)32-51-53(50)60(44)45-22-17-21-41-54(45)63(51)55-40-20-13-16-25-52(40)64-56(41)55/h11-27,30-34H,28-29H2,1-10H3. The van der Waals surface area contributed by atoms with Gasteiger partial charge in [0, 0.05) is 55.3 Å². The van der Waals surface area contributed by atoms with Gasteiger partial charge in [0.05, 0.1) is 15.7 Å². The summed E-state index contributed by atoms with van der Waals surface area (Å²) in [5.41, 5.74) is 23.7. The van der Waals surface area contributed by atoms with Crippen LogP contribution in [0.4, 0.5) is 34.1 Å². The Hall–Kier alpha value is -6.04. The van der Waals surface area contributed by atoms with Crippen molar-refractivity contribution >= 4 is 99.8 Å². The van der Waals surface area contributed by atoms with Crippen LogP contribution in [0.1, 0.15) is 94.7 Å². The summed E-state index contributed by atoms with van der Waals surface area (Å²) in [6, 6.07) is 51.5. The van der Waals surface area contributed by atoms with Gasteiger partial charge < -0.3 is 14.4 Å². The SMILES string of the molecule is Cc1ccccc1N(c1ccc2c(c1)N(c1cc3c(cc1C)C(C)(C)CCC3(C)C)c1cc(C(C)(C)C)cc3c1B2c1cccc2c4sc5ccccc5c4n-3c12)c1ccccc1C. The Kier molecular flexibility index (Phi) is 8.34. The fourth-order valence-corrected chi connectivity index (χ4v) is 12.9. The van der Waals surface area contributed by atoms with E-state index in [0.29, 0.717) is 0 Å². The number of para-hydroxylation sites is 3. The maximum atomic E-state index is 2.70. The molecule has 2 aliphatic heterocycles. The molecule has 3 aliphatic rings. The van der Waals surface area contributed by atoms with E-state index in [9.17, 15) is 0 Å². The van der Waals surface area contributed by atoms with Gasteiger partial charge in [-0.25, -0.2) is 0 Å². The summed E-state index contributed by atoms with van der Waals surface area (Å²) in [5.74, 6) is 0. The quantitative estimate of drug-likeness (QED) is 0.163. The predicted octanol–water partition coefficient (Wildman–Crippen LogP) is 14.7. The number of anilines is 6. The average molecular weight is 850 g/mol. The van der Waals surface area contributed by atoms with Gasteiger partial charge in [-0.05, 0) is 148 Å². The van der Waals surface area contributed by atoms with Gasteiger partial charge in [-0.15, -0.1) is 11.3 Å². The van der Waals surface area contributed by atoms with Crippen LogP contribution < -0.4 is 26.2 Å². The number of aryl methyl sites for hydroxylation is 3. The summed E-state index contributed by atoms with van der Waals surface area (Å²) in [4.78, 5) is 5.19. The molecule has 0 atom stereocenters. The molecule has 0 saturated heterocycles. The van der Waals surface area contributed by atoms with Crippen molar-refractivity contribution in [2.45, 2.75) is 98.3 Å². The monoisotopic (exact) mass is 849 g/mol. The highest BCUT2D eigenvalue weighted by atomic mass is 32.1. The molecule has 12 rings (SSSR count). The summed E-state index contributed by atoms with van der Waals surface area (Å²) in [5, 5.41) is 2.68. The van der Waals surface area contributed by atoms with E-state index in [0.717, 1.165) is 5.69 Å². The maximum Gasteiger partial charge on any atom is 0.252 e. The summed E-state index contributed by atoms with van der Waals surface area (Å²) in [6.45, 7) is 23.9. The molecule has 1 aliphatic carbocycles. The van der Waals surface area contributed by atoms with Crippen molar-refractivity contribution in [3.05, 3.63) is 167 Å². The van der Waals surface area contributed by atoms with Crippen LogP contribution >= 0.6 is 11.3 Å². The lowest BCUT2D eigenvalue weighted by Crippen LogP contribution is -2.60. The third-order valence-electron chi connectivity index (χ3n) is 15.4. The van der Waals surface area contributed by atoms with E-state index in [4.69, 9.17) is 0 Å². The van der Waals surface area contributed by atoms with Gasteiger partial charge in [-0.2, -0.15) is 0 Å². The van der Waals surface area contributed by atoms with E-state index in [1.54, 1.807) is 0 Å². The van der Waals surface area contributed by atoms with Gasteiger partial charge in [-0.1, -0.05) is 133 Å². The molecule has 5 heteroatoms. The van der Waals surface area contributed by atoms with Crippen molar-refractivity contribution in [3.63, 3.8) is 0 Å². The van der Waals surface area contributed by atoms with Gasteiger partial charge in [0.1, 0.15) is 0 Å². The van der Waals surface area contributed by atoms with Crippen molar-refractivity contribution in [2.75, 3.05) is 9.80 Å². The topological polar surface area (TPSA) is 11.4 Å². The Labute approximate surface area is 383 Å². The molecular formula is C59H56BN3S. The lowest BCUT2D eigenvalue weighted by Gasteiger charge is -2.45. The van der Waals surface area contributed by atoms with Crippen LogP contribution in [0.25, 0.3) is 36.9 Å². The smallest absolute Gasteiger partial charge is 0.252 e. The minimum atomic E-state index is -0.0999. The van der Waals surface area contributed by atoms with E-state index in [-0.39, 0.29) is 23.0 Å². The highest BCUT2D eigenvalue weighted by Crippen LogP contribution is 2.52. The molecule has 64 heavy (non-hydrogen) atoms. The zero-order chi connectivity index (χ0) is 44.2. The molecule has 0 bridgehead atoms. The molecule has 9 aromatic rings. The van der Waals surface area contributed by atoms with E-state index in [1.165, 1.54) is 128 Å². The summed E-state index contributed by atoms with van der Waals surface area (Å²) in [7, 11) is 0. The Balaban J connectivity index is 1.23. The van der Waals surface area contributed by atoms with Gasteiger partial charge in [0.15, 0.2) is 0 Å². The lowest BCUT2D eigenvalue weighted by atomic mass is 9.33. The van der Waals surface area contributed by atoms with Crippen LogP contribution in [0.2, 0.25) is 0 Å². The van der Waals surface area contributed by atoms with Crippen molar-refractivity contribution in [3.8, 4) is 5.69 Å². The molecule has 4 heterocycles. The number of thiophene rings is 1. The average Bonchev–Trinajstić information content (AvgIpc) is 3.81. The minimum absolute atomic E-state index is 0.0458. The second-order valence-electron chi connectivity index (χ2n) is 21.4. The number of hydrogen-bond donors (Lipinski definition) is 0. The highest BCUT2D eigenvalue weighted by molar-refractivity contribution is 7.26. The van der Waals surface area contributed by atoms with Crippen molar-refractivity contribution in [1.29, 1.82) is 0 Å². The Bertz CT molecular complexity index is 3400. The first-order chi connectivity index (χ1) is 30.6. The fourth-order valence-electron chi connectivity index (χ4n) is 11.7. The summed E-state index contributed by atoms with van der Waals surface area (Å²) < 4.78 is 5.39. The fraction of sp³-hybridized carbons (Fsp3) is 0.254. The van der Waals surface area contributed by atoms with E-state index >= 15 is 0 Å². The molecule has 0 amide bonds. The van der Waals surface area contributed by atoms with Crippen molar-refractivity contribution in [2.24, 2.45) is 0 Å². The zero-order valence-corrected chi connectivity index (χ0v) is 39.8. The zero-order valence-electron chi connectivity index (χ0n) is 38.9. The second-order valence-corrected chi connectivity index (χ2v) is 22.5. The first-order valence-corrected chi connectivity index (χ1v) is 24.1. The minimum Gasteiger partial charge on any atom is -0.311 e. The third kappa shape index (κ3) is 5.52. The first-order valence-electron chi connectivity index (χ1n) is 23.3. The van der Waals surface area contributed by atoms with Crippen LogP contribution in [0.15, 0.2) is 133 Å². The number of rotatable bonds is 4. The van der Waals surface area contributed by atoms with Crippen LogP contribution in [-0.2, 0) is 16.2 Å². The van der Waals surface area contributed by atoms with Crippen LogP contribution in [0.3, 0.4) is 0 Å². The number of benzene rings is 7. The third-order valence-corrected chi connectivity index (χ3v) is 16.6. The van der Waals surface area contributed by atoms with Gasteiger partial charge in [-0.3, -0.25) is 0 Å². The summed E-state index contributed by atoms with van der Waals surface area (Å²) in [6.07, 6.45) is 2.36. The molecule has 316 valence electrons. The molecule has 0 spiro atoms. The molecule has 0 fully saturated rings. The predicted molar refractivity (Wildman–Crippen MR) is 278 cm³/mol. The molecule has 0 radical (unpaired) electrons. The Morgan fingerprint density at radius 2 is 1.19 bits per heavy atom. The van der Waals surface area contributed by atoms with Gasteiger partial charge in [0.25, 0.3) is 6.71 Å². The van der Waals surface area contributed by atoms with Gasteiger partial charge in [0.2, 0.25) is 0 Å².